The van der Waals surface area contributed by atoms with Crippen LogP contribution in [0.25, 0.3) is 10.2 Å². The van der Waals surface area contributed by atoms with Crippen molar-refractivity contribution in [2.75, 3.05) is 13.1 Å². The third-order valence-electron chi connectivity index (χ3n) is 4.66. The number of nitrogens with one attached hydrogen (secondary N) is 1. The van der Waals surface area contributed by atoms with Crippen molar-refractivity contribution >= 4 is 33.4 Å². The highest BCUT2D eigenvalue weighted by molar-refractivity contribution is 7.16. The second-order valence-corrected chi connectivity index (χ2v) is 7.23. The molecular weight excluding hydrogens is 322 g/mol. The van der Waals surface area contributed by atoms with E-state index in [-0.39, 0.29) is 23.8 Å². The van der Waals surface area contributed by atoms with Gasteiger partial charge in [0, 0.05) is 19.5 Å². The molecule has 1 N–H and O–H groups in total. The van der Waals surface area contributed by atoms with Crippen LogP contribution in [-0.2, 0) is 9.59 Å². The van der Waals surface area contributed by atoms with Gasteiger partial charge in [-0.2, -0.15) is 0 Å². The molecule has 1 aromatic carbocycles. The molecular formula is C18H23N3O2S. The summed E-state index contributed by atoms with van der Waals surface area (Å²) in [4.78, 5) is 30.6. The van der Waals surface area contributed by atoms with Gasteiger partial charge < -0.3 is 10.2 Å². The minimum Gasteiger partial charge on any atom is -0.349 e. The molecule has 1 fully saturated rings. The SMILES string of the molecule is CCC(=O)N1CCC[C@@H](C(=O)N[C@H](C)c2ccc3ncsc3c2)C1. The Morgan fingerprint density at radius 2 is 2.29 bits per heavy atom. The lowest BCUT2D eigenvalue weighted by Gasteiger charge is -2.32. The van der Waals surface area contributed by atoms with Crippen LogP contribution in [0.2, 0.25) is 0 Å². The van der Waals surface area contributed by atoms with Gasteiger partial charge in [-0.05, 0) is 37.5 Å². The van der Waals surface area contributed by atoms with Crippen molar-refractivity contribution in [2.45, 2.75) is 39.2 Å². The van der Waals surface area contributed by atoms with E-state index in [0.29, 0.717) is 13.0 Å². The number of amides is 2. The maximum absolute atomic E-state index is 12.6. The van der Waals surface area contributed by atoms with Crippen LogP contribution in [0.3, 0.4) is 0 Å². The number of hydrogen-bond donors (Lipinski definition) is 1. The van der Waals surface area contributed by atoms with Gasteiger partial charge in [0.15, 0.2) is 0 Å². The van der Waals surface area contributed by atoms with Gasteiger partial charge in [-0.25, -0.2) is 4.98 Å². The molecule has 1 saturated heterocycles. The fourth-order valence-corrected chi connectivity index (χ4v) is 3.92. The average molecular weight is 345 g/mol. The monoisotopic (exact) mass is 345 g/mol. The van der Waals surface area contributed by atoms with Gasteiger partial charge in [0.05, 0.1) is 27.7 Å². The lowest BCUT2D eigenvalue weighted by molar-refractivity contribution is -0.135. The van der Waals surface area contributed by atoms with E-state index in [1.54, 1.807) is 11.3 Å². The zero-order valence-corrected chi connectivity index (χ0v) is 14.9. The largest absolute Gasteiger partial charge is 0.349 e. The number of carbonyl (C=O) groups is 2. The van der Waals surface area contributed by atoms with Crippen LogP contribution in [0.1, 0.15) is 44.7 Å². The first-order valence-corrected chi connectivity index (χ1v) is 9.37. The number of aromatic nitrogens is 1. The van der Waals surface area contributed by atoms with E-state index in [9.17, 15) is 9.59 Å². The molecule has 24 heavy (non-hydrogen) atoms. The maximum atomic E-state index is 12.6. The summed E-state index contributed by atoms with van der Waals surface area (Å²) >= 11 is 1.60. The quantitative estimate of drug-likeness (QED) is 0.926. The number of carbonyl (C=O) groups excluding carboxylic acids is 2. The highest BCUT2D eigenvalue weighted by Gasteiger charge is 2.28. The summed E-state index contributed by atoms with van der Waals surface area (Å²) in [5, 5.41) is 3.11. The fraction of sp³-hybridized carbons (Fsp3) is 0.500. The molecule has 0 saturated carbocycles. The Balaban J connectivity index is 1.63. The zero-order valence-electron chi connectivity index (χ0n) is 14.1. The first-order valence-electron chi connectivity index (χ1n) is 8.49. The molecule has 2 aromatic rings. The second-order valence-electron chi connectivity index (χ2n) is 6.34. The number of rotatable bonds is 4. The molecule has 0 radical (unpaired) electrons. The molecule has 0 bridgehead atoms. The number of thiazole rings is 1. The Bertz CT molecular complexity index is 743. The Morgan fingerprint density at radius 3 is 3.08 bits per heavy atom. The molecule has 0 spiro atoms. The van der Waals surface area contributed by atoms with Crippen LogP contribution in [0, 0.1) is 5.92 Å². The van der Waals surface area contributed by atoms with E-state index >= 15 is 0 Å². The maximum Gasteiger partial charge on any atom is 0.225 e. The van der Waals surface area contributed by atoms with E-state index in [0.717, 1.165) is 35.2 Å². The number of nitrogens with zero attached hydrogens (tertiary/aromatic N) is 2. The molecule has 2 heterocycles. The van der Waals surface area contributed by atoms with Crippen molar-refractivity contribution < 1.29 is 9.59 Å². The van der Waals surface area contributed by atoms with Crippen molar-refractivity contribution in [3.05, 3.63) is 29.3 Å². The van der Waals surface area contributed by atoms with Crippen LogP contribution in [0.4, 0.5) is 0 Å². The van der Waals surface area contributed by atoms with Gasteiger partial charge in [0.2, 0.25) is 11.8 Å². The van der Waals surface area contributed by atoms with Crippen LogP contribution in [-0.4, -0.2) is 34.8 Å². The summed E-state index contributed by atoms with van der Waals surface area (Å²) in [6, 6.07) is 6.04. The molecule has 1 aromatic heterocycles. The molecule has 128 valence electrons. The number of benzene rings is 1. The summed E-state index contributed by atoms with van der Waals surface area (Å²) in [5.74, 6) is 0.0699. The third kappa shape index (κ3) is 3.59. The summed E-state index contributed by atoms with van der Waals surface area (Å²) in [6.45, 7) is 5.18. The predicted molar refractivity (Wildman–Crippen MR) is 95.8 cm³/mol. The zero-order chi connectivity index (χ0) is 17.1. The topological polar surface area (TPSA) is 62.3 Å². The molecule has 0 aliphatic carbocycles. The summed E-state index contributed by atoms with van der Waals surface area (Å²) < 4.78 is 1.13. The molecule has 5 nitrogen and oxygen atoms in total. The lowest BCUT2D eigenvalue weighted by atomic mass is 9.96. The Morgan fingerprint density at radius 1 is 1.46 bits per heavy atom. The van der Waals surface area contributed by atoms with Gasteiger partial charge >= 0.3 is 0 Å². The van der Waals surface area contributed by atoms with Crippen molar-refractivity contribution in [3.8, 4) is 0 Å². The van der Waals surface area contributed by atoms with E-state index in [1.807, 2.05) is 36.4 Å². The molecule has 2 atom stereocenters. The number of fused-ring (bicyclic) bond motifs is 1. The summed E-state index contributed by atoms with van der Waals surface area (Å²) in [6.07, 6.45) is 2.24. The van der Waals surface area contributed by atoms with E-state index in [1.165, 1.54) is 0 Å². The van der Waals surface area contributed by atoms with Crippen LogP contribution < -0.4 is 5.32 Å². The molecule has 1 aliphatic heterocycles. The van der Waals surface area contributed by atoms with Gasteiger partial charge in [-0.3, -0.25) is 9.59 Å². The van der Waals surface area contributed by atoms with E-state index < -0.39 is 0 Å². The Labute approximate surface area is 146 Å². The van der Waals surface area contributed by atoms with Gasteiger partial charge in [-0.1, -0.05) is 13.0 Å². The number of likely N-dealkylation sites (tertiary alicyclic amines) is 1. The van der Waals surface area contributed by atoms with E-state index in [4.69, 9.17) is 0 Å². The fourth-order valence-electron chi connectivity index (χ4n) is 3.20. The Hall–Kier alpha value is -1.95. The molecule has 3 rings (SSSR count). The normalized spacial score (nSPS) is 19.2. The second kappa shape index (κ2) is 7.30. The summed E-state index contributed by atoms with van der Waals surface area (Å²) in [5.41, 5.74) is 3.90. The first kappa shape index (κ1) is 16.9. The van der Waals surface area contributed by atoms with Crippen molar-refractivity contribution in [2.24, 2.45) is 5.92 Å². The van der Waals surface area contributed by atoms with E-state index in [2.05, 4.69) is 16.4 Å². The van der Waals surface area contributed by atoms with Crippen molar-refractivity contribution in [1.82, 2.24) is 15.2 Å². The highest BCUT2D eigenvalue weighted by Crippen LogP contribution is 2.24. The smallest absolute Gasteiger partial charge is 0.225 e. The number of piperidine rings is 1. The molecule has 2 amide bonds. The standard InChI is InChI=1S/C18H23N3O2S/c1-3-17(22)21-8-4-5-14(10-21)18(23)20-12(2)13-6-7-15-16(9-13)24-11-19-15/h6-7,9,11-12,14H,3-5,8,10H2,1-2H3,(H,20,23)/t12-,14-/m1/s1. The van der Waals surface area contributed by atoms with Gasteiger partial charge in [0.1, 0.15) is 0 Å². The number of hydrogen-bond acceptors (Lipinski definition) is 4. The average Bonchev–Trinajstić information content (AvgIpc) is 3.08. The first-order chi connectivity index (χ1) is 11.6. The lowest BCUT2D eigenvalue weighted by Crippen LogP contribution is -2.45. The van der Waals surface area contributed by atoms with Crippen LogP contribution in [0.15, 0.2) is 23.7 Å². The van der Waals surface area contributed by atoms with Gasteiger partial charge in [0.25, 0.3) is 0 Å². The molecule has 0 unspecified atom stereocenters. The minimum absolute atomic E-state index is 0.0421. The molecule has 6 heteroatoms. The summed E-state index contributed by atoms with van der Waals surface area (Å²) in [7, 11) is 0. The minimum atomic E-state index is -0.108. The third-order valence-corrected chi connectivity index (χ3v) is 5.45. The molecule has 1 aliphatic rings. The van der Waals surface area contributed by atoms with Crippen molar-refractivity contribution in [1.29, 1.82) is 0 Å². The van der Waals surface area contributed by atoms with Crippen LogP contribution in [0.5, 0.6) is 0 Å². The highest BCUT2D eigenvalue weighted by atomic mass is 32.1. The van der Waals surface area contributed by atoms with Gasteiger partial charge in [-0.15, -0.1) is 11.3 Å². The van der Waals surface area contributed by atoms with Crippen LogP contribution >= 0.6 is 11.3 Å². The Kier molecular flexibility index (Phi) is 5.14. The predicted octanol–water partition coefficient (Wildman–Crippen LogP) is 3.12. The van der Waals surface area contributed by atoms with Crippen molar-refractivity contribution in [3.63, 3.8) is 0 Å².